The summed E-state index contributed by atoms with van der Waals surface area (Å²) >= 11 is 3.18. The number of sulfone groups is 1. The van der Waals surface area contributed by atoms with Gasteiger partial charge in [-0.1, -0.05) is 13.8 Å². The van der Waals surface area contributed by atoms with Crippen LogP contribution in [0.2, 0.25) is 0 Å². The quantitative estimate of drug-likeness (QED) is 0.910. The molecule has 0 aromatic heterocycles. The summed E-state index contributed by atoms with van der Waals surface area (Å²) in [7, 11) is -3.36. The first kappa shape index (κ1) is 16.2. The third-order valence-corrected chi connectivity index (χ3v) is 5.04. The van der Waals surface area contributed by atoms with E-state index >= 15 is 0 Å². The van der Waals surface area contributed by atoms with Crippen LogP contribution in [0.5, 0.6) is 0 Å². The molecule has 0 saturated carbocycles. The fourth-order valence-corrected chi connectivity index (χ4v) is 3.28. The molecular formula is C13H18BrNO3S. The van der Waals surface area contributed by atoms with Crippen molar-refractivity contribution in [3.63, 3.8) is 0 Å². The van der Waals surface area contributed by atoms with E-state index in [0.29, 0.717) is 16.0 Å². The highest BCUT2D eigenvalue weighted by atomic mass is 79.9. The molecule has 0 spiro atoms. The van der Waals surface area contributed by atoms with Crippen molar-refractivity contribution in [2.75, 3.05) is 6.26 Å². The molecule has 0 aliphatic rings. The topological polar surface area (TPSA) is 63.2 Å². The first-order valence-corrected chi connectivity index (χ1v) is 8.62. The van der Waals surface area contributed by atoms with Crippen molar-refractivity contribution in [1.29, 1.82) is 0 Å². The van der Waals surface area contributed by atoms with Crippen LogP contribution in [0, 0.1) is 5.92 Å². The summed E-state index contributed by atoms with van der Waals surface area (Å²) in [4.78, 5) is 12.2. The molecule has 0 fully saturated rings. The average Bonchev–Trinajstić information content (AvgIpc) is 2.27. The van der Waals surface area contributed by atoms with E-state index in [2.05, 4.69) is 21.2 Å². The van der Waals surface area contributed by atoms with Gasteiger partial charge in [-0.2, -0.15) is 0 Å². The molecular weight excluding hydrogens is 330 g/mol. The van der Waals surface area contributed by atoms with Crippen LogP contribution >= 0.6 is 15.9 Å². The Morgan fingerprint density at radius 3 is 2.32 bits per heavy atom. The maximum Gasteiger partial charge on any atom is 0.251 e. The molecule has 1 aromatic rings. The van der Waals surface area contributed by atoms with Crippen LogP contribution in [-0.2, 0) is 9.84 Å². The lowest BCUT2D eigenvalue weighted by Gasteiger charge is -2.17. The molecule has 19 heavy (non-hydrogen) atoms. The number of halogens is 1. The van der Waals surface area contributed by atoms with Gasteiger partial charge in [0, 0.05) is 22.3 Å². The molecule has 0 aliphatic heterocycles. The smallest absolute Gasteiger partial charge is 0.251 e. The number of hydrogen-bond acceptors (Lipinski definition) is 3. The maximum absolute atomic E-state index is 12.0. The van der Waals surface area contributed by atoms with Crippen LogP contribution in [0.1, 0.15) is 31.1 Å². The summed E-state index contributed by atoms with van der Waals surface area (Å²) in [6, 6.07) is 4.59. The molecule has 1 aromatic carbocycles. The molecule has 0 unspecified atom stereocenters. The zero-order chi connectivity index (χ0) is 14.8. The molecule has 0 radical (unpaired) electrons. The lowest BCUT2D eigenvalue weighted by Crippen LogP contribution is -2.36. The van der Waals surface area contributed by atoms with E-state index in [0.717, 1.165) is 6.26 Å². The number of carbonyl (C=O) groups is 1. The monoisotopic (exact) mass is 347 g/mol. The van der Waals surface area contributed by atoms with Gasteiger partial charge in [0.25, 0.3) is 5.91 Å². The summed E-state index contributed by atoms with van der Waals surface area (Å²) < 4.78 is 23.7. The lowest BCUT2D eigenvalue weighted by molar-refractivity contribution is 0.0930. The fourth-order valence-electron chi connectivity index (χ4n) is 1.39. The molecule has 1 amide bonds. The molecule has 0 bridgehead atoms. The molecule has 1 rings (SSSR count). The predicted octanol–water partition coefficient (Wildman–Crippen LogP) is 2.63. The maximum atomic E-state index is 12.0. The largest absolute Gasteiger partial charge is 0.349 e. The number of hydrogen-bond donors (Lipinski definition) is 1. The molecule has 1 atom stereocenters. The van der Waals surface area contributed by atoms with Gasteiger partial charge in [-0.15, -0.1) is 0 Å². The Bertz CT molecular complexity index is 582. The van der Waals surface area contributed by atoms with E-state index in [-0.39, 0.29) is 16.8 Å². The first-order valence-electron chi connectivity index (χ1n) is 5.93. The third kappa shape index (κ3) is 4.31. The van der Waals surface area contributed by atoms with E-state index < -0.39 is 9.84 Å². The average molecular weight is 348 g/mol. The number of benzene rings is 1. The van der Waals surface area contributed by atoms with Crippen molar-refractivity contribution in [3.05, 3.63) is 28.2 Å². The SMILES string of the molecule is CC(C)[C@H](C)NC(=O)c1ccc(Br)c(S(C)(=O)=O)c1. The predicted molar refractivity (Wildman–Crippen MR) is 79.0 cm³/mol. The highest BCUT2D eigenvalue weighted by molar-refractivity contribution is 9.10. The number of rotatable bonds is 4. The third-order valence-electron chi connectivity index (χ3n) is 2.95. The van der Waals surface area contributed by atoms with Crippen molar-refractivity contribution >= 4 is 31.7 Å². The first-order chi connectivity index (χ1) is 8.62. The summed E-state index contributed by atoms with van der Waals surface area (Å²) in [6.45, 7) is 5.93. The minimum absolute atomic E-state index is 0.0258. The van der Waals surface area contributed by atoms with Gasteiger partial charge in [0.05, 0.1) is 4.90 Å². The minimum atomic E-state index is -3.36. The molecule has 0 heterocycles. The molecule has 0 saturated heterocycles. The summed E-state index contributed by atoms with van der Waals surface area (Å²) in [5.41, 5.74) is 0.344. The standard InChI is InChI=1S/C13H18BrNO3S/c1-8(2)9(3)15-13(16)10-5-6-11(14)12(7-10)19(4,17)18/h5-9H,1-4H3,(H,15,16)/t9-/m0/s1. The molecule has 6 heteroatoms. The summed E-state index contributed by atoms with van der Waals surface area (Å²) in [5, 5.41) is 2.84. The second kappa shape index (κ2) is 6.05. The second-order valence-corrected chi connectivity index (χ2v) is 7.76. The van der Waals surface area contributed by atoms with Crippen LogP contribution in [0.3, 0.4) is 0 Å². The van der Waals surface area contributed by atoms with Crippen molar-refractivity contribution in [2.24, 2.45) is 5.92 Å². The van der Waals surface area contributed by atoms with Crippen LogP contribution in [0.15, 0.2) is 27.6 Å². The van der Waals surface area contributed by atoms with Crippen LogP contribution < -0.4 is 5.32 Å². The van der Waals surface area contributed by atoms with E-state index in [9.17, 15) is 13.2 Å². The Morgan fingerprint density at radius 2 is 1.84 bits per heavy atom. The fraction of sp³-hybridized carbons (Fsp3) is 0.462. The van der Waals surface area contributed by atoms with E-state index in [1.807, 2.05) is 20.8 Å². The van der Waals surface area contributed by atoms with Crippen LogP contribution in [-0.4, -0.2) is 26.6 Å². The van der Waals surface area contributed by atoms with Gasteiger partial charge in [-0.05, 0) is 47.0 Å². The van der Waals surface area contributed by atoms with E-state index in [1.165, 1.54) is 6.07 Å². The van der Waals surface area contributed by atoms with Gasteiger partial charge in [0.2, 0.25) is 0 Å². The molecule has 0 aliphatic carbocycles. The molecule has 1 N–H and O–H groups in total. The van der Waals surface area contributed by atoms with Gasteiger partial charge in [0.1, 0.15) is 0 Å². The zero-order valence-electron chi connectivity index (χ0n) is 11.4. The Hall–Kier alpha value is -0.880. The Labute approximate surface area is 122 Å². The van der Waals surface area contributed by atoms with Gasteiger partial charge in [0.15, 0.2) is 9.84 Å². The molecule has 106 valence electrons. The Kier molecular flexibility index (Phi) is 5.15. The Balaban J connectivity index is 3.07. The van der Waals surface area contributed by atoms with E-state index in [1.54, 1.807) is 12.1 Å². The number of nitrogens with one attached hydrogen (secondary N) is 1. The number of carbonyl (C=O) groups excluding carboxylic acids is 1. The van der Waals surface area contributed by atoms with Crippen molar-refractivity contribution in [3.8, 4) is 0 Å². The molecule has 4 nitrogen and oxygen atoms in total. The Morgan fingerprint density at radius 1 is 1.26 bits per heavy atom. The van der Waals surface area contributed by atoms with Gasteiger partial charge >= 0.3 is 0 Å². The van der Waals surface area contributed by atoms with Gasteiger partial charge in [-0.25, -0.2) is 8.42 Å². The second-order valence-electron chi connectivity index (χ2n) is 4.92. The summed E-state index contributed by atoms with van der Waals surface area (Å²) in [5.74, 6) is 0.0485. The van der Waals surface area contributed by atoms with E-state index in [4.69, 9.17) is 0 Å². The van der Waals surface area contributed by atoms with Crippen LogP contribution in [0.25, 0.3) is 0 Å². The lowest BCUT2D eigenvalue weighted by atomic mass is 10.1. The van der Waals surface area contributed by atoms with Crippen molar-refractivity contribution < 1.29 is 13.2 Å². The van der Waals surface area contributed by atoms with Crippen molar-refractivity contribution in [2.45, 2.75) is 31.7 Å². The minimum Gasteiger partial charge on any atom is -0.349 e. The van der Waals surface area contributed by atoms with Crippen molar-refractivity contribution in [1.82, 2.24) is 5.32 Å². The highest BCUT2D eigenvalue weighted by Gasteiger charge is 2.17. The van der Waals surface area contributed by atoms with Crippen LogP contribution in [0.4, 0.5) is 0 Å². The summed E-state index contributed by atoms with van der Waals surface area (Å²) in [6.07, 6.45) is 1.12. The normalized spacial score (nSPS) is 13.4. The van der Waals surface area contributed by atoms with Gasteiger partial charge in [-0.3, -0.25) is 4.79 Å². The zero-order valence-corrected chi connectivity index (χ0v) is 13.8. The number of amides is 1. The van der Waals surface area contributed by atoms with Gasteiger partial charge < -0.3 is 5.32 Å². The highest BCUT2D eigenvalue weighted by Crippen LogP contribution is 2.23.